The second-order valence-electron chi connectivity index (χ2n) is 3.63. The van der Waals surface area contributed by atoms with Gasteiger partial charge >= 0.3 is 0 Å². The number of rotatable bonds is 5. The lowest BCUT2D eigenvalue weighted by molar-refractivity contribution is -0.384. The zero-order chi connectivity index (χ0) is 13.0. The molecule has 0 atom stereocenters. The van der Waals surface area contributed by atoms with Gasteiger partial charge in [-0.25, -0.2) is 0 Å². The highest BCUT2D eigenvalue weighted by Gasteiger charge is 2.10. The first kappa shape index (κ1) is 12.4. The summed E-state index contributed by atoms with van der Waals surface area (Å²) >= 11 is 1.63. The average Bonchev–Trinajstić information content (AvgIpc) is 2.89. The van der Waals surface area contributed by atoms with Crippen LogP contribution in [0, 0.1) is 10.1 Å². The summed E-state index contributed by atoms with van der Waals surface area (Å²) in [5, 5.41) is 17.9. The molecule has 0 spiro atoms. The molecule has 0 saturated carbocycles. The van der Waals surface area contributed by atoms with Gasteiger partial charge in [0.1, 0.15) is 5.75 Å². The lowest BCUT2D eigenvalue weighted by Crippen LogP contribution is -2.01. The van der Waals surface area contributed by atoms with Crippen LogP contribution in [-0.2, 0) is 6.54 Å². The topological polar surface area (TPSA) is 64.4 Å². The molecule has 0 saturated heterocycles. The fraction of sp³-hybridized carbons (Fsp3) is 0.167. The van der Waals surface area contributed by atoms with Gasteiger partial charge in [0.05, 0.1) is 23.8 Å². The largest absolute Gasteiger partial charge is 0.494 e. The summed E-state index contributed by atoms with van der Waals surface area (Å²) in [4.78, 5) is 10.2. The smallest absolute Gasteiger partial charge is 0.273 e. The van der Waals surface area contributed by atoms with Crippen molar-refractivity contribution in [3.8, 4) is 5.75 Å². The average molecular weight is 264 g/mol. The molecule has 5 nitrogen and oxygen atoms in total. The monoisotopic (exact) mass is 264 g/mol. The van der Waals surface area contributed by atoms with Gasteiger partial charge < -0.3 is 10.1 Å². The van der Waals surface area contributed by atoms with Crippen LogP contribution in [-0.4, -0.2) is 12.0 Å². The summed E-state index contributed by atoms with van der Waals surface area (Å²) in [6.45, 7) is 0.664. The summed E-state index contributed by atoms with van der Waals surface area (Å²) in [7, 11) is 1.49. The van der Waals surface area contributed by atoms with Crippen LogP contribution < -0.4 is 10.1 Å². The van der Waals surface area contributed by atoms with Crippen molar-refractivity contribution >= 4 is 22.7 Å². The molecule has 0 aliphatic rings. The standard InChI is InChI=1S/C12H12N2O3S/c1-17-12-6-10(14(15)16)2-3-11(12)13-7-9-4-5-18-8-9/h2-6,8,13H,7H2,1H3. The maximum atomic E-state index is 10.7. The van der Waals surface area contributed by atoms with E-state index in [-0.39, 0.29) is 5.69 Å². The van der Waals surface area contributed by atoms with Crippen molar-refractivity contribution in [2.24, 2.45) is 0 Å². The van der Waals surface area contributed by atoms with Crippen molar-refractivity contribution in [1.82, 2.24) is 0 Å². The second-order valence-corrected chi connectivity index (χ2v) is 4.41. The van der Waals surface area contributed by atoms with Crippen molar-refractivity contribution in [1.29, 1.82) is 0 Å². The zero-order valence-corrected chi connectivity index (χ0v) is 10.6. The van der Waals surface area contributed by atoms with Gasteiger partial charge in [0.2, 0.25) is 0 Å². The van der Waals surface area contributed by atoms with Gasteiger partial charge in [-0.05, 0) is 28.5 Å². The number of nitrogens with zero attached hydrogens (tertiary/aromatic N) is 1. The Morgan fingerprint density at radius 3 is 2.89 bits per heavy atom. The molecular formula is C12H12N2O3S. The maximum Gasteiger partial charge on any atom is 0.273 e. The molecular weight excluding hydrogens is 252 g/mol. The predicted molar refractivity (Wildman–Crippen MR) is 71.3 cm³/mol. The van der Waals surface area contributed by atoms with Crippen molar-refractivity contribution < 1.29 is 9.66 Å². The first-order valence-corrected chi connectivity index (χ1v) is 6.22. The number of ether oxygens (including phenoxy) is 1. The van der Waals surface area contributed by atoms with Crippen LogP contribution in [0.5, 0.6) is 5.75 Å². The molecule has 1 aromatic carbocycles. The Labute approximate surface area is 108 Å². The fourth-order valence-electron chi connectivity index (χ4n) is 1.53. The van der Waals surface area contributed by atoms with Gasteiger partial charge in [0.15, 0.2) is 0 Å². The summed E-state index contributed by atoms with van der Waals surface area (Å²) in [6.07, 6.45) is 0. The van der Waals surface area contributed by atoms with E-state index in [1.165, 1.54) is 24.8 Å². The molecule has 0 aliphatic carbocycles. The minimum atomic E-state index is -0.439. The van der Waals surface area contributed by atoms with E-state index in [2.05, 4.69) is 5.32 Å². The van der Waals surface area contributed by atoms with Crippen LogP contribution >= 0.6 is 11.3 Å². The van der Waals surface area contributed by atoms with Crippen LogP contribution in [0.2, 0.25) is 0 Å². The zero-order valence-electron chi connectivity index (χ0n) is 9.75. The molecule has 18 heavy (non-hydrogen) atoms. The molecule has 2 aromatic rings. The predicted octanol–water partition coefficient (Wildman–Crippen LogP) is 3.28. The molecule has 0 fully saturated rings. The number of nitrogens with one attached hydrogen (secondary N) is 1. The van der Waals surface area contributed by atoms with Crippen molar-refractivity contribution in [3.05, 3.63) is 50.7 Å². The molecule has 0 aliphatic heterocycles. The van der Waals surface area contributed by atoms with Gasteiger partial charge in [0.25, 0.3) is 5.69 Å². The third-order valence-electron chi connectivity index (χ3n) is 2.46. The molecule has 0 radical (unpaired) electrons. The molecule has 0 amide bonds. The van der Waals surface area contributed by atoms with Crippen molar-refractivity contribution in [2.45, 2.75) is 6.54 Å². The van der Waals surface area contributed by atoms with E-state index in [4.69, 9.17) is 4.74 Å². The van der Waals surface area contributed by atoms with Crippen molar-refractivity contribution in [2.75, 3.05) is 12.4 Å². The molecule has 6 heteroatoms. The molecule has 1 heterocycles. The number of methoxy groups -OCH3 is 1. The van der Waals surface area contributed by atoms with Gasteiger partial charge in [0, 0.05) is 12.6 Å². The van der Waals surface area contributed by atoms with E-state index in [1.54, 1.807) is 17.4 Å². The van der Waals surface area contributed by atoms with E-state index in [1.807, 2.05) is 16.8 Å². The Morgan fingerprint density at radius 2 is 2.28 bits per heavy atom. The van der Waals surface area contributed by atoms with E-state index in [0.29, 0.717) is 12.3 Å². The number of nitro groups is 1. The van der Waals surface area contributed by atoms with Gasteiger partial charge in [-0.3, -0.25) is 10.1 Å². The number of hydrogen-bond acceptors (Lipinski definition) is 5. The number of anilines is 1. The maximum absolute atomic E-state index is 10.7. The number of benzene rings is 1. The highest BCUT2D eigenvalue weighted by atomic mass is 32.1. The fourth-order valence-corrected chi connectivity index (χ4v) is 2.20. The number of non-ortho nitro benzene ring substituents is 1. The number of nitro benzene ring substituents is 1. The van der Waals surface area contributed by atoms with Gasteiger partial charge in [-0.1, -0.05) is 0 Å². The molecule has 1 aromatic heterocycles. The Morgan fingerprint density at radius 1 is 1.44 bits per heavy atom. The van der Waals surface area contributed by atoms with Crippen LogP contribution in [0.3, 0.4) is 0 Å². The molecule has 0 unspecified atom stereocenters. The Hall–Kier alpha value is -2.08. The highest BCUT2D eigenvalue weighted by Crippen LogP contribution is 2.29. The minimum absolute atomic E-state index is 0.0212. The van der Waals surface area contributed by atoms with Crippen LogP contribution in [0.15, 0.2) is 35.0 Å². The lowest BCUT2D eigenvalue weighted by Gasteiger charge is -2.10. The first-order valence-electron chi connectivity index (χ1n) is 5.28. The van der Waals surface area contributed by atoms with Crippen LogP contribution in [0.25, 0.3) is 0 Å². The molecule has 94 valence electrons. The van der Waals surface area contributed by atoms with Gasteiger partial charge in [-0.2, -0.15) is 11.3 Å². The molecule has 1 N–H and O–H groups in total. The SMILES string of the molecule is COc1cc([N+](=O)[O-])ccc1NCc1ccsc1. The second kappa shape index (κ2) is 5.50. The van der Waals surface area contributed by atoms with Crippen LogP contribution in [0.4, 0.5) is 11.4 Å². The number of thiophene rings is 1. The number of hydrogen-bond donors (Lipinski definition) is 1. The van der Waals surface area contributed by atoms with E-state index in [9.17, 15) is 10.1 Å². The van der Waals surface area contributed by atoms with E-state index >= 15 is 0 Å². The molecule has 0 bridgehead atoms. The van der Waals surface area contributed by atoms with Crippen molar-refractivity contribution in [3.63, 3.8) is 0 Å². The van der Waals surface area contributed by atoms with E-state index < -0.39 is 4.92 Å². The highest BCUT2D eigenvalue weighted by molar-refractivity contribution is 7.07. The summed E-state index contributed by atoms with van der Waals surface area (Å²) in [5.74, 6) is 0.472. The van der Waals surface area contributed by atoms with Gasteiger partial charge in [-0.15, -0.1) is 0 Å². The summed E-state index contributed by atoms with van der Waals surface area (Å²) in [6, 6.07) is 6.55. The third kappa shape index (κ3) is 2.78. The Bertz CT molecular complexity index is 540. The first-order chi connectivity index (χ1) is 8.70. The Balaban J connectivity index is 2.14. The summed E-state index contributed by atoms with van der Waals surface area (Å²) in [5.41, 5.74) is 1.93. The Kier molecular flexibility index (Phi) is 3.78. The normalized spacial score (nSPS) is 10.1. The quantitative estimate of drug-likeness (QED) is 0.665. The third-order valence-corrected chi connectivity index (χ3v) is 3.19. The lowest BCUT2D eigenvalue weighted by atomic mass is 10.2. The molecule has 2 rings (SSSR count). The van der Waals surface area contributed by atoms with Crippen LogP contribution in [0.1, 0.15) is 5.56 Å². The van der Waals surface area contributed by atoms with E-state index in [0.717, 1.165) is 5.69 Å². The summed E-state index contributed by atoms with van der Waals surface area (Å²) < 4.78 is 5.14. The minimum Gasteiger partial charge on any atom is -0.494 e.